The average molecular weight is 165 g/mol. The molecule has 0 radical (unpaired) electrons. The molecule has 2 heterocycles. The van der Waals surface area contributed by atoms with Crippen molar-refractivity contribution in [1.82, 2.24) is 19.8 Å². The maximum absolute atomic E-state index is 5.75. The summed E-state index contributed by atoms with van der Waals surface area (Å²) in [6, 6.07) is 0. The lowest BCUT2D eigenvalue weighted by atomic mass is 10.4. The first-order valence-corrected chi connectivity index (χ1v) is 3.92. The molecule has 0 saturated carbocycles. The smallest absolute Gasteiger partial charge is 0.179 e. The average Bonchev–Trinajstić information content (AvgIpc) is 2.55. The zero-order valence-electron chi connectivity index (χ0n) is 7.13. The Morgan fingerprint density at radius 2 is 2.25 bits per heavy atom. The zero-order chi connectivity index (χ0) is 8.72. The van der Waals surface area contributed by atoms with Crippen LogP contribution in [-0.4, -0.2) is 19.8 Å². The number of rotatable bonds is 1. The van der Waals surface area contributed by atoms with E-state index in [0.29, 0.717) is 5.69 Å². The molecule has 0 aliphatic heterocycles. The largest absolute Gasteiger partial charge is 0.394 e. The van der Waals surface area contributed by atoms with Gasteiger partial charge in [0.1, 0.15) is 11.5 Å². The Kier molecular flexibility index (Phi) is 1.33. The van der Waals surface area contributed by atoms with Crippen LogP contribution in [0, 0.1) is 6.92 Å². The summed E-state index contributed by atoms with van der Waals surface area (Å²) in [6.07, 6.45) is 0.863. The van der Waals surface area contributed by atoms with E-state index in [2.05, 4.69) is 15.2 Å². The number of nitrogens with one attached hydrogen (secondary N) is 1. The molecule has 5 heteroatoms. The van der Waals surface area contributed by atoms with E-state index >= 15 is 0 Å². The minimum absolute atomic E-state index is 0.683. The number of hydrogen-bond acceptors (Lipinski definition) is 3. The number of nitrogens with two attached hydrogens (primary N) is 1. The van der Waals surface area contributed by atoms with Gasteiger partial charge in [0.2, 0.25) is 0 Å². The van der Waals surface area contributed by atoms with Crippen molar-refractivity contribution in [3.05, 3.63) is 11.5 Å². The fraction of sp³-hybridized carbons (Fsp3) is 0.429. The minimum atomic E-state index is 0.683. The van der Waals surface area contributed by atoms with Crippen molar-refractivity contribution in [3.8, 4) is 0 Å². The fourth-order valence-electron chi connectivity index (χ4n) is 1.15. The third-order valence-electron chi connectivity index (χ3n) is 1.90. The third kappa shape index (κ3) is 0.792. The third-order valence-corrected chi connectivity index (χ3v) is 1.90. The molecule has 0 fully saturated rings. The maximum Gasteiger partial charge on any atom is 0.179 e. The molecule has 0 aromatic carbocycles. The van der Waals surface area contributed by atoms with Gasteiger partial charge < -0.3 is 10.7 Å². The molecule has 0 atom stereocenters. The first-order valence-electron chi connectivity index (χ1n) is 3.92. The van der Waals surface area contributed by atoms with Gasteiger partial charge in [-0.05, 0) is 6.92 Å². The second-order valence-electron chi connectivity index (χ2n) is 2.76. The monoisotopic (exact) mass is 165 g/mol. The first kappa shape index (κ1) is 7.15. The Balaban J connectivity index is 2.71. The number of anilines is 1. The summed E-state index contributed by atoms with van der Waals surface area (Å²) < 4.78 is 1.55. The number of aryl methyl sites for hydroxylation is 2. The molecule has 0 spiro atoms. The standard InChI is InChI=1S/C7H11N5/c1-3-5-9-7-6(8)4(2)10-12(7)11-5/h3,8H2,1-2H3,(H,9,11). The number of aromatic amines is 1. The number of aromatic nitrogens is 4. The minimum Gasteiger partial charge on any atom is -0.394 e. The van der Waals surface area contributed by atoms with Crippen molar-refractivity contribution in [2.45, 2.75) is 20.3 Å². The zero-order valence-corrected chi connectivity index (χ0v) is 7.13. The lowest BCUT2D eigenvalue weighted by Crippen LogP contribution is -1.90. The van der Waals surface area contributed by atoms with E-state index in [-0.39, 0.29) is 0 Å². The van der Waals surface area contributed by atoms with Crippen LogP contribution < -0.4 is 5.73 Å². The highest BCUT2D eigenvalue weighted by Crippen LogP contribution is 2.14. The predicted molar refractivity (Wildman–Crippen MR) is 45.9 cm³/mol. The molecule has 0 aliphatic carbocycles. The van der Waals surface area contributed by atoms with E-state index in [4.69, 9.17) is 5.73 Å². The highest BCUT2D eigenvalue weighted by molar-refractivity contribution is 5.66. The summed E-state index contributed by atoms with van der Waals surface area (Å²) in [6.45, 7) is 3.89. The second kappa shape index (κ2) is 2.23. The lowest BCUT2D eigenvalue weighted by Gasteiger charge is -1.85. The first-order chi connectivity index (χ1) is 5.72. The van der Waals surface area contributed by atoms with Crippen molar-refractivity contribution < 1.29 is 0 Å². The van der Waals surface area contributed by atoms with E-state index in [0.717, 1.165) is 23.6 Å². The van der Waals surface area contributed by atoms with E-state index in [1.165, 1.54) is 0 Å². The van der Waals surface area contributed by atoms with Crippen molar-refractivity contribution in [2.75, 3.05) is 5.73 Å². The van der Waals surface area contributed by atoms with E-state index in [1.54, 1.807) is 4.63 Å². The van der Waals surface area contributed by atoms with Gasteiger partial charge in [-0.15, -0.1) is 9.73 Å². The Morgan fingerprint density at radius 3 is 2.83 bits per heavy atom. The Hall–Kier alpha value is -1.52. The van der Waals surface area contributed by atoms with Crippen LogP contribution in [0.25, 0.3) is 5.65 Å². The quantitative estimate of drug-likeness (QED) is 0.646. The maximum atomic E-state index is 5.75. The van der Waals surface area contributed by atoms with E-state index in [9.17, 15) is 0 Å². The predicted octanol–water partition coefficient (Wildman–Crippen LogP) is 0.510. The van der Waals surface area contributed by atoms with Crippen LogP contribution in [0.5, 0.6) is 0 Å². The molecular weight excluding hydrogens is 154 g/mol. The van der Waals surface area contributed by atoms with Gasteiger partial charge in [-0.1, -0.05) is 6.92 Å². The number of nitrogens with zero attached hydrogens (tertiary/aromatic N) is 3. The van der Waals surface area contributed by atoms with Gasteiger partial charge >= 0.3 is 0 Å². The van der Waals surface area contributed by atoms with Crippen LogP contribution in [0.3, 0.4) is 0 Å². The summed E-state index contributed by atoms with van der Waals surface area (Å²) in [5, 5.41) is 8.31. The van der Waals surface area contributed by atoms with Gasteiger partial charge in [0.25, 0.3) is 0 Å². The highest BCUT2D eigenvalue weighted by Gasteiger charge is 2.08. The second-order valence-corrected chi connectivity index (χ2v) is 2.76. The van der Waals surface area contributed by atoms with Crippen molar-refractivity contribution >= 4 is 11.3 Å². The normalized spacial score (nSPS) is 11.2. The van der Waals surface area contributed by atoms with Gasteiger partial charge in [-0.2, -0.15) is 5.10 Å². The summed E-state index contributed by atoms with van der Waals surface area (Å²) in [5.74, 6) is 0.907. The SMILES string of the molecule is CCc1nn2nc(C)c(N)c2[nH]1. The Morgan fingerprint density at radius 1 is 1.50 bits per heavy atom. The summed E-state index contributed by atoms with van der Waals surface area (Å²) in [4.78, 5) is 3.10. The molecule has 12 heavy (non-hydrogen) atoms. The van der Waals surface area contributed by atoms with Crippen LogP contribution >= 0.6 is 0 Å². The molecule has 5 nitrogen and oxygen atoms in total. The summed E-state index contributed by atoms with van der Waals surface area (Å²) in [5.41, 5.74) is 8.05. The number of hydrogen-bond donors (Lipinski definition) is 2. The van der Waals surface area contributed by atoms with Gasteiger partial charge in [0.05, 0.1) is 5.69 Å². The molecule has 0 amide bonds. The van der Waals surface area contributed by atoms with Crippen molar-refractivity contribution in [1.29, 1.82) is 0 Å². The molecule has 2 aromatic rings. The molecule has 0 saturated heterocycles. The van der Waals surface area contributed by atoms with Crippen LogP contribution in [-0.2, 0) is 6.42 Å². The number of fused-ring (bicyclic) bond motifs is 1. The van der Waals surface area contributed by atoms with Gasteiger partial charge in [-0.25, -0.2) is 0 Å². The molecule has 3 N–H and O–H groups in total. The van der Waals surface area contributed by atoms with Crippen molar-refractivity contribution in [2.24, 2.45) is 0 Å². The highest BCUT2D eigenvalue weighted by atomic mass is 15.5. The summed E-state index contributed by atoms with van der Waals surface area (Å²) >= 11 is 0. The molecule has 0 aliphatic rings. The van der Waals surface area contributed by atoms with E-state index < -0.39 is 0 Å². The van der Waals surface area contributed by atoms with E-state index in [1.807, 2.05) is 13.8 Å². The topological polar surface area (TPSA) is 72.0 Å². The van der Waals surface area contributed by atoms with Gasteiger partial charge in [0.15, 0.2) is 5.65 Å². The fourth-order valence-corrected chi connectivity index (χ4v) is 1.15. The molecule has 2 aromatic heterocycles. The van der Waals surface area contributed by atoms with Gasteiger partial charge in [0, 0.05) is 6.42 Å². The van der Waals surface area contributed by atoms with Crippen molar-refractivity contribution in [3.63, 3.8) is 0 Å². The Labute approximate surface area is 69.6 Å². The molecule has 2 rings (SSSR count). The molecule has 0 unspecified atom stereocenters. The summed E-state index contributed by atoms with van der Waals surface area (Å²) in [7, 11) is 0. The van der Waals surface area contributed by atoms with Crippen LogP contribution in [0.1, 0.15) is 18.4 Å². The number of nitrogen functional groups attached to an aromatic ring is 1. The molecule has 0 bridgehead atoms. The lowest BCUT2D eigenvalue weighted by molar-refractivity contribution is 0.778. The van der Waals surface area contributed by atoms with Gasteiger partial charge in [-0.3, -0.25) is 0 Å². The van der Waals surface area contributed by atoms with Crippen LogP contribution in [0.4, 0.5) is 5.69 Å². The molecular formula is C7H11N5. The molecule has 64 valence electrons. The Bertz CT molecular complexity index is 411. The number of H-pyrrole nitrogens is 1. The van der Waals surface area contributed by atoms with Crippen LogP contribution in [0.15, 0.2) is 0 Å². The van der Waals surface area contributed by atoms with Crippen LogP contribution in [0.2, 0.25) is 0 Å².